The SMILES string of the molecule is CC(C)OC12CC1CCC1C2C(C)(C)C(C)C1(C)C. The second-order valence-corrected chi connectivity index (χ2v) is 9.05. The van der Waals surface area contributed by atoms with Gasteiger partial charge in [-0.15, -0.1) is 0 Å². The first kappa shape index (κ1) is 13.9. The number of fused-ring (bicyclic) bond motifs is 3. The fourth-order valence-electron chi connectivity index (χ4n) is 6.10. The van der Waals surface area contributed by atoms with Crippen molar-refractivity contribution in [3.63, 3.8) is 0 Å². The van der Waals surface area contributed by atoms with Crippen molar-refractivity contribution in [3.05, 3.63) is 0 Å². The highest BCUT2D eigenvalue weighted by Crippen LogP contribution is 2.74. The maximum atomic E-state index is 6.54. The van der Waals surface area contributed by atoms with Crippen LogP contribution in [0.4, 0.5) is 0 Å². The van der Waals surface area contributed by atoms with Crippen LogP contribution in [0, 0.1) is 34.5 Å². The van der Waals surface area contributed by atoms with Gasteiger partial charge in [-0.1, -0.05) is 34.6 Å². The predicted molar refractivity (Wildman–Crippen MR) is 80.0 cm³/mol. The summed E-state index contributed by atoms with van der Waals surface area (Å²) in [5, 5.41) is 0. The minimum Gasteiger partial charge on any atom is -0.372 e. The molecule has 110 valence electrons. The van der Waals surface area contributed by atoms with E-state index in [0.717, 1.165) is 23.7 Å². The topological polar surface area (TPSA) is 9.23 Å². The minimum absolute atomic E-state index is 0.239. The summed E-state index contributed by atoms with van der Waals surface area (Å²) in [7, 11) is 0. The van der Waals surface area contributed by atoms with Gasteiger partial charge in [-0.3, -0.25) is 0 Å². The summed E-state index contributed by atoms with van der Waals surface area (Å²) in [6, 6.07) is 0. The van der Waals surface area contributed by atoms with Gasteiger partial charge in [-0.05, 0) is 67.6 Å². The van der Waals surface area contributed by atoms with E-state index in [4.69, 9.17) is 4.74 Å². The Hall–Kier alpha value is -0.0400. The molecule has 19 heavy (non-hydrogen) atoms. The zero-order valence-electron chi connectivity index (χ0n) is 13.9. The second kappa shape index (κ2) is 3.78. The smallest absolute Gasteiger partial charge is 0.0754 e. The van der Waals surface area contributed by atoms with Crippen molar-refractivity contribution >= 4 is 0 Å². The first-order valence-electron chi connectivity index (χ1n) is 8.32. The van der Waals surface area contributed by atoms with E-state index >= 15 is 0 Å². The van der Waals surface area contributed by atoms with Crippen molar-refractivity contribution in [1.29, 1.82) is 0 Å². The van der Waals surface area contributed by atoms with E-state index in [0.29, 0.717) is 16.9 Å². The number of hydrogen-bond acceptors (Lipinski definition) is 1. The van der Waals surface area contributed by atoms with Crippen LogP contribution in [0.3, 0.4) is 0 Å². The van der Waals surface area contributed by atoms with Crippen LogP contribution >= 0.6 is 0 Å². The molecule has 0 aliphatic heterocycles. The third-order valence-corrected chi connectivity index (χ3v) is 7.30. The molecule has 1 nitrogen and oxygen atoms in total. The molecular formula is C18H32O. The summed E-state index contributed by atoms with van der Waals surface area (Å²) >= 11 is 0. The number of ether oxygens (including phenoxy) is 1. The van der Waals surface area contributed by atoms with E-state index in [1.165, 1.54) is 19.3 Å². The van der Waals surface area contributed by atoms with Crippen LogP contribution in [-0.4, -0.2) is 11.7 Å². The third-order valence-electron chi connectivity index (χ3n) is 7.30. The van der Waals surface area contributed by atoms with Crippen LogP contribution in [0.5, 0.6) is 0 Å². The van der Waals surface area contributed by atoms with Crippen molar-refractivity contribution < 1.29 is 4.74 Å². The molecule has 3 aliphatic rings. The Balaban J connectivity index is 2.00. The molecule has 0 aromatic rings. The third kappa shape index (κ3) is 1.63. The van der Waals surface area contributed by atoms with Gasteiger partial charge in [0.1, 0.15) is 0 Å². The molecule has 0 radical (unpaired) electrons. The van der Waals surface area contributed by atoms with E-state index in [2.05, 4.69) is 48.5 Å². The second-order valence-electron chi connectivity index (χ2n) is 9.05. The van der Waals surface area contributed by atoms with Crippen molar-refractivity contribution in [1.82, 2.24) is 0 Å². The molecule has 0 spiro atoms. The van der Waals surface area contributed by atoms with Crippen LogP contribution in [0.2, 0.25) is 0 Å². The lowest BCUT2D eigenvalue weighted by Crippen LogP contribution is -2.44. The van der Waals surface area contributed by atoms with Gasteiger partial charge in [0, 0.05) is 0 Å². The first-order chi connectivity index (χ1) is 8.64. The van der Waals surface area contributed by atoms with Crippen molar-refractivity contribution in [2.45, 2.75) is 79.4 Å². The van der Waals surface area contributed by atoms with Crippen molar-refractivity contribution in [3.8, 4) is 0 Å². The van der Waals surface area contributed by atoms with E-state index in [1.54, 1.807) is 0 Å². The number of rotatable bonds is 2. The molecule has 0 amide bonds. The Morgan fingerprint density at radius 1 is 1.00 bits per heavy atom. The minimum atomic E-state index is 0.239. The molecular weight excluding hydrogens is 232 g/mol. The fourth-order valence-corrected chi connectivity index (χ4v) is 6.10. The summed E-state index contributed by atoms with van der Waals surface area (Å²) in [5.74, 6) is 3.26. The van der Waals surface area contributed by atoms with Gasteiger partial charge in [0.05, 0.1) is 11.7 Å². The summed E-state index contributed by atoms with van der Waals surface area (Å²) in [5.41, 5.74) is 1.12. The summed E-state index contributed by atoms with van der Waals surface area (Å²) in [6.45, 7) is 16.9. The molecule has 0 aromatic carbocycles. The lowest BCUT2D eigenvalue weighted by Gasteiger charge is -2.43. The lowest BCUT2D eigenvalue weighted by molar-refractivity contribution is -0.110. The molecule has 3 saturated carbocycles. The molecule has 5 unspecified atom stereocenters. The molecule has 1 heteroatoms. The zero-order chi connectivity index (χ0) is 14.2. The van der Waals surface area contributed by atoms with Crippen LogP contribution in [-0.2, 0) is 4.74 Å². The quantitative estimate of drug-likeness (QED) is 0.689. The van der Waals surface area contributed by atoms with E-state index < -0.39 is 0 Å². The monoisotopic (exact) mass is 264 g/mol. The van der Waals surface area contributed by atoms with Gasteiger partial charge < -0.3 is 4.74 Å². The van der Waals surface area contributed by atoms with Gasteiger partial charge in [-0.25, -0.2) is 0 Å². The lowest BCUT2D eigenvalue weighted by atomic mass is 9.67. The average molecular weight is 264 g/mol. The standard InChI is InChI=1S/C18H32O/c1-11(2)19-18-10-13(18)8-9-14-15(18)17(6,7)12(3)16(14,4)5/h11-15H,8-10H2,1-7H3. The highest BCUT2D eigenvalue weighted by molar-refractivity contribution is 5.22. The summed E-state index contributed by atoms with van der Waals surface area (Å²) < 4.78 is 6.54. The van der Waals surface area contributed by atoms with Gasteiger partial charge in [0.15, 0.2) is 0 Å². The van der Waals surface area contributed by atoms with E-state index in [-0.39, 0.29) is 5.60 Å². The Morgan fingerprint density at radius 2 is 1.63 bits per heavy atom. The molecule has 5 atom stereocenters. The van der Waals surface area contributed by atoms with Gasteiger partial charge in [0.2, 0.25) is 0 Å². The largest absolute Gasteiger partial charge is 0.372 e. The normalized spacial score (nSPS) is 49.9. The molecule has 0 heterocycles. The van der Waals surface area contributed by atoms with Crippen molar-refractivity contribution in [2.24, 2.45) is 34.5 Å². The van der Waals surface area contributed by atoms with Crippen LogP contribution in [0.25, 0.3) is 0 Å². The van der Waals surface area contributed by atoms with Crippen molar-refractivity contribution in [2.75, 3.05) is 0 Å². The molecule has 3 fully saturated rings. The van der Waals surface area contributed by atoms with Gasteiger partial charge in [0.25, 0.3) is 0 Å². The summed E-state index contributed by atoms with van der Waals surface area (Å²) in [6.07, 6.45) is 4.54. The Labute approximate surface area is 119 Å². The van der Waals surface area contributed by atoms with Gasteiger partial charge in [-0.2, -0.15) is 0 Å². The zero-order valence-corrected chi connectivity index (χ0v) is 13.9. The van der Waals surface area contributed by atoms with Crippen LogP contribution in [0.1, 0.15) is 67.7 Å². The molecule has 0 aromatic heterocycles. The maximum Gasteiger partial charge on any atom is 0.0754 e. The Kier molecular flexibility index (Phi) is 2.77. The molecule has 0 bridgehead atoms. The maximum absolute atomic E-state index is 6.54. The molecule has 0 N–H and O–H groups in total. The molecule has 3 aliphatic carbocycles. The predicted octanol–water partition coefficient (Wildman–Crippen LogP) is 4.90. The number of hydrogen-bond donors (Lipinski definition) is 0. The fraction of sp³-hybridized carbons (Fsp3) is 1.00. The average Bonchev–Trinajstić information content (AvgIpc) is 2.94. The Bertz CT molecular complexity index is 381. The highest BCUT2D eigenvalue weighted by Gasteiger charge is 2.73. The summed E-state index contributed by atoms with van der Waals surface area (Å²) in [4.78, 5) is 0. The van der Waals surface area contributed by atoms with Crippen LogP contribution in [0.15, 0.2) is 0 Å². The first-order valence-corrected chi connectivity index (χ1v) is 8.32. The molecule has 0 saturated heterocycles. The van der Waals surface area contributed by atoms with E-state index in [9.17, 15) is 0 Å². The van der Waals surface area contributed by atoms with Gasteiger partial charge >= 0.3 is 0 Å². The highest BCUT2D eigenvalue weighted by atomic mass is 16.5. The van der Waals surface area contributed by atoms with E-state index in [1.807, 2.05) is 0 Å². The Morgan fingerprint density at radius 3 is 2.21 bits per heavy atom. The molecule has 3 rings (SSSR count). The van der Waals surface area contributed by atoms with Crippen LogP contribution < -0.4 is 0 Å².